The molecule has 0 aliphatic carbocycles. The summed E-state index contributed by atoms with van der Waals surface area (Å²) in [7, 11) is 2.11. The highest BCUT2D eigenvalue weighted by Crippen LogP contribution is 2.33. The van der Waals surface area contributed by atoms with Crippen LogP contribution in [0.15, 0.2) is 73.1 Å². The predicted molar refractivity (Wildman–Crippen MR) is 75.0 cm³/mol. The van der Waals surface area contributed by atoms with Gasteiger partial charge in [0, 0.05) is 25.1 Å². The van der Waals surface area contributed by atoms with Gasteiger partial charge in [-0.2, -0.15) is 0 Å². The smallest absolute Gasteiger partial charge is 0.131 e. The summed E-state index contributed by atoms with van der Waals surface area (Å²) in [5.74, 6) is 0. The SMILES string of the molecule is CN1C=CN(c2ccccc2)C1c1ccccc1. The minimum atomic E-state index is 0.244. The highest BCUT2D eigenvalue weighted by molar-refractivity contribution is 5.53. The lowest BCUT2D eigenvalue weighted by Gasteiger charge is -2.30. The van der Waals surface area contributed by atoms with E-state index in [4.69, 9.17) is 0 Å². The van der Waals surface area contributed by atoms with Gasteiger partial charge in [0.15, 0.2) is 0 Å². The highest BCUT2D eigenvalue weighted by atomic mass is 15.4. The Morgan fingerprint density at radius 3 is 2.06 bits per heavy atom. The van der Waals surface area contributed by atoms with Crippen LogP contribution in [-0.2, 0) is 0 Å². The van der Waals surface area contributed by atoms with Crippen LogP contribution in [-0.4, -0.2) is 11.9 Å². The molecule has 1 aliphatic heterocycles. The molecule has 0 saturated heterocycles. The number of hydrogen-bond acceptors (Lipinski definition) is 2. The van der Waals surface area contributed by atoms with Crippen molar-refractivity contribution in [3.63, 3.8) is 0 Å². The molecule has 0 fully saturated rings. The average molecular weight is 236 g/mol. The Kier molecular flexibility index (Phi) is 2.77. The lowest BCUT2D eigenvalue weighted by molar-refractivity contribution is 0.368. The van der Waals surface area contributed by atoms with Crippen LogP contribution in [0.5, 0.6) is 0 Å². The summed E-state index contributed by atoms with van der Waals surface area (Å²) in [4.78, 5) is 4.51. The molecule has 0 radical (unpaired) electrons. The van der Waals surface area contributed by atoms with Crippen LogP contribution in [0.25, 0.3) is 0 Å². The van der Waals surface area contributed by atoms with Crippen LogP contribution in [0.3, 0.4) is 0 Å². The first-order valence-corrected chi connectivity index (χ1v) is 6.15. The summed E-state index contributed by atoms with van der Waals surface area (Å²) >= 11 is 0. The predicted octanol–water partition coefficient (Wildman–Crippen LogP) is 3.61. The molecule has 1 atom stereocenters. The molecule has 0 spiro atoms. The molecule has 0 aromatic heterocycles. The third-order valence-corrected chi connectivity index (χ3v) is 3.26. The first-order valence-electron chi connectivity index (χ1n) is 6.15. The second-order valence-corrected chi connectivity index (χ2v) is 4.49. The average Bonchev–Trinajstić information content (AvgIpc) is 2.83. The molecular weight excluding hydrogens is 220 g/mol. The zero-order valence-electron chi connectivity index (χ0n) is 10.4. The van der Waals surface area contributed by atoms with E-state index in [-0.39, 0.29) is 6.17 Å². The van der Waals surface area contributed by atoms with E-state index < -0.39 is 0 Å². The maximum Gasteiger partial charge on any atom is 0.131 e. The molecule has 2 nitrogen and oxygen atoms in total. The standard InChI is InChI=1S/C16H16N2/c1-17-12-13-18(15-10-6-3-7-11-15)16(17)14-8-4-2-5-9-14/h2-13,16H,1H3. The van der Waals surface area contributed by atoms with Crippen molar-refractivity contribution in [2.45, 2.75) is 6.17 Å². The first-order chi connectivity index (χ1) is 8.86. The van der Waals surface area contributed by atoms with Crippen LogP contribution >= 0.6 is 0 Å². The summed E-state index contributed by atoms with van der Waals surface area (Å²) in [6.07, 6.45) is 4.49. The molecule has 0 N–H and O–H groups in total. The molecule has 1 aliphatic rings. The minimum absolute atomic E-state index is 0.244. The normalized spacial score (nSPS) is 18.4. The quantitative estimate of drug-likeness (QED) is 0.786. The number of anilines is 1. The third kappa shape index (κ3) is 1.86. The number of benzene rings is 2. The van der Waals surface area contributed by atoms with Gasteiger partial charge in [-0.3, -0.25) is 0 Å². The monoisotopic (exact) mass is 236 g/mol. The minimum Gasteiger partial charge on any atom is -0.355 e. The molecule has 0 saturated carbocycles. The molecule has 2 aromatic carbocycles. The summed E-state index contributed by atoms with van der Waals surface area (Å²) in [6.45, 7) is 0. The Balaban J connectivity index is 1.98. The van der Waals surface area contributed by atoms with Gasteiger partial charge in [0.2, 0.25) is 0 Å². The second kappa shape index (κ2) is 4.57. The van der Waals surface area contributed by atoms with Gasteiger partial charge in [-0.25, -0.2) is 0 Å². The van der Waals surface area contributed by atoms with Crippen LogP contribution in [0.1, 0.15) is 11.7 Å². The van der Waals surface area contributed by atoms with Crippen molar-refractivity contribution in [1.82, 2.24) is 4.90 Å². The van der Waals surface area contributed by atoms with Gasteiger partial charge in [-0.1, -0.05) is 48.5 Å². The Bertz CT molecular complexity index is 534. The van der Waals surface area contributed by atoms with Gasteiger partial charge >= 0.3 is 0 Å². The van der Waals surface area contributed by atoms with Crippen LogP contribution < -0.4 is 4.90 Å². The second-order valence-electron chi connectivity index (χ2n) is 4.49. The molecule has 3 rings (SSSR count). The van der Waals surface area contributed by atoms with Crippen molar-refractivity contribution in [3.8, 4) is 0 Å². The topological polar surface area (TPSA) is 6.48 Å². The highest BCUT2D eigenvalue weighted by Gasteiger charge is 2.25. The number of para-hydroxylation sites is 1. The van der Waals surface area contributed by atoms with E-state index >= 15 is 0 Å². The Labute approximate surface area is 108 Å². The van der Waals surface area contributed by atoms with Crippen LogP contribution in [0.2, 0.25) is 0 Å². The van der Waals surface area contributed by atoms with Crippen molar-refractivity contribution in [1.29, 1.82) is 0 Å². The van der Waals surface area contributed by atoms with Crippen LogP contribution in [0.4, 0.5) is 5.69 Å². The van der Waals surface area contributed by atoms with Gasteiger partial charge in [-0.05, 0) is 17.7 Å². The number of rotatable bonds is 2. The Morgan fingerprint density at radius 1 is 0.778 bits per heavy atom. The van der Waals surface area contributed by atoms with Crippen molar-refractivity contribution in [2.75, 3.05) is 11.9 Å². The van der Waals surface area contributed by atoms with E-state index in [1.54, 1.807) is 0 Å². The largest absolute Gasteiger partial charge is 0.355 e. The number of nitrogens with zero attached hydrogens (tertiary/aromatic N) is 2. The zero-order chi connectivity index (χ0) is 12.4. The fourth-order valence-corrected chi connectivity index (χ4v) is 2.38. The summed E-state index contributed by atoms with van der Waals surface area (Å²) < 4.78 is 0. The van der Waals surface area contributed by atoms with Gasteiger partial charge in [0.25, 0.3) is 0 Å². The summed E-state index contributed by atoms with van der Waals surface area (Å²) in [5.41, 5.74) is 2.51. The lowest BCUT2D eigenvalue weighted by Crippen LogP contribution is -2.28. The van der Waals surface area contributed by atoms with E-state index in [1.807, 2.05) is 6.07 Å². The molecule has 0 bridgehead atoms. The zero-order valence-corrected chi connectivity index (χ0v) is 10.4. The maximum absolute atomic E-state index is 2.29. The summed E-state index contributed by atoms with van der Waals surface area (Å²) in [5, 5.41) is 0. The molecule has 18 heavy (non-hydrogen) atoms. The maximum atomic E-state index is 2.29. The van der Waals surface area contributed by atoms with E-state index in [0.717, 1.165) is 0 Å². The Morgan fingerprint density at radius 2 is 1.39 bits per heavy atom. The lowest BCUT2D eigenvalue weighted by atomic mass is 10.1. The molecule has 2 aromatic rings. The molecule has 1 unspecified atom stereocenters. The fraction of sp³-hybridized carbons (Fsp3) is 0.125. The van der Waals surface area contributed by atoms with Gasteiger partial charge < -0.3 is 9.80 Å². The number of hydrogen-bond donors (Lipinski definition) is 0. The van der Waals surface area contributed by atoms with Crippen molar-refractivity contribution in [2.24, 2.45) is 0 Å². The molecule has 90 valence electrons. The summed E-state index contributed by atoms with van der Waals surface area (Å²) in [6, 6.07) is 21.0. The van der Waals surface area contributed by atoms with Gasteiger partial charge in [-0.15, -0.1) is 0 Å². The van der Waals surface area contributed by atoms with Gasteiger partial charge in [0.05, 0.1) is 0 Å². The molecule has 1 heterocycles. The molecule has 2 heteroatoms. The third-order valence-electron chi connectivity index (χ3n) is 3.26. The van der Waals surface area contributed by atoms with Crippen molar-refractivity contribution < 1.29 is 0 Å². The van der Waals surface area contributed by atoms with Crippen molar-refractivity contribution in [3.05, 3.63) is 78.6 Å². The van der Waals surface area contributed by atoms with Gasteiger partial charge in [0.1, 0.15) is 6.17 Å². The fourth-order valence-electron chi connectivity index (χ4n) is 2.38. The van der Waals surface area contributed by atoms with Crippen LogP contribution in [0, 0.1) is 0 Å². The van der Waals surface area contributed by atoms with Crippen molar-refractivity contribution >= 4 is 5.69 Å². The van der Waals surface area contributed by atoms with E-state index in [9.17, 15) is 0 Å². The van der Waals surface area contributed by atoms with E-state index in [1.165, 1.54) is 11.3 Å². The molecule has 0 amide bonds. The molecular formula is C16H16N2. The first kappa shape index (κ1) is 10.9. The van der Waals surface area contributed by atoms with E-state index in [2.05, 4.69) is 83.8 Å². The Hall–Kier alpha value is -2.22. The van der Waals surface area contributed by atoms with E-state index in [0.29, 0.717) is 0 Å².